The van der Waals surface area contributed by atoms with E-state index in [0.717, 1.165) is 16.9 Å². The second-order valence-electron chi connectivity index (χ2n) is 8.81. The molecule has 0 fully saturated rings. The summed E-state index contributed by atoms with van der Waals surface area (Å²) >= 11 is 7.64. The van der Waals surface area contributed by atoms with Gasteiger partial charge in [-0.25, -0.2) is 9.67 Å². The predicted octanol–water partition coefficient (Wildman–Crippen LogP) is 5.51. The van der Waals surface area contributed by atoms with Crippen molar-refractivity contribution in [3.63, 3.8) is 0 Å². The van der Waals surface area contributed by atoms with Crippen LogP contribution >= 0.6 is 23.4 Å². The molecule has 0 spiro atoms. The van der Waals surface area contributed by atoms with Gasteiger partial charge in [0.05, 0.1) is 24.5 Å². The molecule has 1 aliphatic heterocycles. The van der Waals surface area contributed by atoms with E-state index in [1.54, 1.807) is 26.3 Å². The summed E-state index contributed by atoms with van der Waals surface area (Å²) in [5.41, 5.74) is 2.88. The number of amides is 1. The van der Waals surface area contributed by atoms with Crippen LogP contribution in [0.1, 0.15) is 18.0 Å². The third kappa shape index (κ3) is 4.54. The van der Waals surface area contributed by atoms with Crippen LogP contribution in [0, 0.1) is 0 Å². The molecule has 0 saturated heterocycles. The molecule has 6 rings (SSSR count). The highest BCUT2D eigenvalue weighted by molar-refractivity contribution is 7.99. The predicted molar refractivity (Wildman–Crippen MR) is 147 cm³/mol. The number of carbonyl (C=O) groups excluding carboxylic acids is 1. The molecule has 3 heterocycles. The van der Waals surface area contributed by atoms with Gasteiger partial charge in [-0.15, -0.1) is 0 Å². The van der Waals surface area contributed by atoms with Crippen LogP contribution in [0.3, 0.4) is 0 Å². The van der Waals surface area contributed by atoms with Gasteiger partial charge >= 0.3 is 0 Å². The maximum Gasteiger partial charge on any atom is 0.265 e. The number of anilines is 1. The molecule has 1 aliphatic rings. The second kappa shape index (κ2) is 9.88. The lowest BCUT2D eigenvalue weighted by Gasteiger charge is -2.25. The van der Waals surface area contributed by atoms with Gasteiger partial charge in [-0.3, -0.25) is 14.2 Å². The highest BCUT2D eigenvalue weighted by Crippen LogP contribution is 2.34. The minimum atomic E-state index is -0.298. The van der Waals surface area contributed by atoms with Gasteiger partial charge in [0, 0.05) is 22.9 Å². The van der Waals surface area contributed by atoms with E-state index in [2.05, 4.69) is 5.10 Å². The first kappa shape index (κ1) is 23.5. The number of thioether (sulfide) groups is 1. The molecule has 0 saturated carbocycles. The molecule has 37 heavy (non-hydrogen) atoms. The second-order valence-corrected chi connectivity index (χ2v) is 10.2. The molecule has 0 bridgehead atoms. The lowest BCUT2D eigenvalue weighted by Crippen LogP contribution is -2.34. The first-order chi connectivity index (χ1) is 18.1. The minimum absolute atomic E-state index is 0.0462. The fraction of sp³-hybridized carbons (Fsp3) is 0.143. The average Bonchev–Trinajstić information content (AvgIpc) is 3.53. The van der Waals surface area contributed by atoms with Crippen molar-refractivity contribution >= 4 is 46.0 Å². The maximum atomic E-state index is 13.7. The smallest absolute Gasteiger partial charge is 0.265 e. The summed E-state index contributed by atoms with van der Waals surface area (Å²) in [6.07, 6.45) is 1.73. The monoisotopic (exact) mass is 527 g/mol. The summed E-state index contributed by atoms with van der Waals surface area (Å²) in [7, 11) is 0. The molecular formula is C28H22ClN5O2S. The zero-order chi connectivity index (χ0) is 25.4. The van der Waals surface area contributed by atoms with E-state index in [1.807, 2.05) is 72.8 Å². The van der Waals surface area contributed by atoms with Crippen LogP contribution in [0.15, 0.2) is 101 Å². The molecule has 5 aromatic rings. The summed E-state index contributed by atoms with van der Waals surface area (Å²) < 4.78 is 3.28. The van der Waals surface area contributed by atoms with Crippen LogP contribution < -0.4 is 10.5 Å². The molecule has 184 valence electrons. The van der Waals surface area contributed by atoms with Crippen LogP contribution in [-0.4, -0.2) is 31.0 Å². The van der Waals surface area contributed by atoms with Gasteiger partial charge in [0.15, 0.2) is 10.8 Å². The summed E-state index contributed by atoms with van der Waals surface area (Å²) in [6, 6.07) is 26.5. The van der Waals surface area contributed by atoms with Crippen molar-refractivity contribution in [3.8, 4) is 5.69 Å². The number of hydrogen-bond donors (Lipinski definition) is 0. The Balaban J connectivity index is 1.32. The molecule has 1 amide bonds. The Morgan fingerprint density at radius 3 is 2.54 bits per heavy atom. The van der Waals surface area contributed by atoms with Gasteiger partial charge in [0.2, 0.25) is 5.91 Å². The topological polar surface area (TPSA) is 73.0 Å². The summed E-state index contributed by atoms with van der Waals surface area (Å²) in [5.74, 6) is 0.550. The van der Waals surface area contributed by atoms with Crippen LogP contribution in [0.5, 0.6) is 0 Å². The fourth-order valence-electron chi connectivity index (χ4n) is 4.59. The number of rotatable bonds is 6. The highest BCUT2D eigenvalue weighted by atomic mass is 35.5. The molecule has 1 unspecified atom stereocenters. The first-order valence-electron chi connectivity index (χ1n) is 11.9. The van der Waals surface area contributed by atoms with Crippen molar-refractivity contribution in [2.45, 2.75) is 24.2 Å². The Morgan fingerprint density at radius 1 is 1.03 bits per heavy atom. The first-order valence-corrected chi connectivity index (χ1v) is 13.2. The van der Waals surface area contributed by atoms with Crippen molar-refractivity contribution in [1.82, 2.24) is 19.3 Å². The van der Waals surface area contributed by atoms with Crippen LogP contribution in [0.2, 0.25) is 5.02 Å². The van der Waals surface area contributed by atoms with Crippen molar-refractivity contribution in [3.05, 3.63) is 112 Å². The highest BCUT2D eigenvalue weighted by Gasteiger charge is 2.31. The van der Waals surface area contributed by atoms with Gasteiger partial charge in [-0.2, -0.15) is 5.10 Å². The molecule has 0 aliphatic carbocycles. The number of aromatic nitrogens is 4. The molecule has 1 atom stereocenters. The van der Waals surface area contributed by atoms with Crippen LogP contribution in [0.25, 0.3) is 16.7 Å². The van der Waals surface area contributed by atoms with Gasteiger partial charge in [-0.1, -0.05) is 78.0 Å². The number of para-hydroxylation sites is 1. The largest absolute Gasteiger partial charge is 0.308 e. The average molecular weight is 528 g/mol. The van der Waals surface area contributed by atoms with Gasteiger partial charge in [0.1, 0.15) is 5.39 Å². The standard InChI is InChI=1S/C28H22ClN5O2S/c29-20-10-7-13-22(14-20)34-26-24(16-30-34)27(36)33-23(18-37-28(33)31-26)15-25(35)32(21-11-5-2-6-12-21)17-19-8-3-1-4-9-19/h1-14,16,23H,15,17-18H2. The SMILES string of the molecule is O=C(CC1CSc2nc3c(cnn3-c3cccc(Cl)c3)c(=O)n21)N(Cc1ccccc1)c1ccccc1. The maximum absolute atomic E-state index is 13.7. The molecule has 9 heteroatoms. The molecule has 7 nitrogen and oxygen atoms in total. The number of benzene rings is 3. The van der Waals surface area contributed by atoms with Gasteiger partial charge in [-0.05, 0) is 35.9 Å². The Kier molecular flexibility index (Phi) is 6.28. The quantitative estimate of drug-likeness (QED) is 0.272. The van der Waals surface area contributed by atoms with E-state index in [4.69, 9.17) is 16.6 Å². The van der Waals surface area contributed by atoms with Crippen molar-refractivity contribution in [1.29, 1.82) is 0 Å². The number of carbonyl (C=O) groups is 1. The zero-order valence-corrected chi connectivity index (χ0v) is 21.3. The van der Waals surface area contributed by atoms with Crippen molar-refractivity contribution in [2.75, 3.05) is 10.7 Å². The third-order valence-electron chi connectivity index (χ3n) is 6.39. The summed E-state index contributed by atoms with van der Waals surface area (Å²) in [4.78, 5) is 33.8. The number of nitrogens with zero attached hydrogens (tertiary/aromatic N) is 5. The van der Waals surface area contributed by atoms with Crippen molar-refractivity contribution in [2.24, 2.45) is 0 Å². The Hall–Kier alpha value is -3.88. The van der Waals surface area contributed by atoms with Gasteiger partial charge in [0.25, 0.3) is 5.56 Å². The number of hydrogen-bond acceptors (Lipinski definition) is 5. The lowest BCUT2D eigenvalue weighted by atomic mass is 10.1. The number of halogens is 1. The Labute approximate surface area is 222 Å². The summed E-state index contributed by atoms with van der Waals surface area (Å²) in [5, 5.41) is 5.98. The van der Waals surface area contributed by atoms with E-state index >= 15 is 0 Å². The Morgan fingerprint density at radius 2 is 1.78 bits per heavy atom. The molecule has 3 aromatic carbocycles. The van der Waals surface area contributed by atoms with Crippen LogP contribution in [0.4, 0.5) is 5.69 Å². The lowest BCUT2D eigenvalue weighted by molar-refractivity contribution is -0.119. The van der Waals surface area contributed by atoms with E-state index in [9.17, 15) is 9.59 Å². The normalized spacial score (nSPS) is 14.6. The number of fused-ring (bicyclic) bond motifs is 2. The van der Waals surface area contributed by atoms with E-state index in [1.165, 1.54) is 18.0 Å². The van der Waals surface area contributed by atoms with Gasteiger partial charge < -0.3 is 4.90 Å². The Bertz CT molecular complexity index is 1650. The van der Waals surface area contributed by atoms with Crippen LogP contribution in [-0.2, 0) is 11.3 Å². The van der Waals surface area contributed by atoms with E-state index in [-0.39, 0.29) is 23.9 Å². The molecule has 0 radical (unpaired) electrons. The third-order valence-corrected chi connectivity index (χ3v) is 7.72. The molecule has 0 N–H and O–H groups in total. The van der Waals surface area contributed by atoms with E-state index < -0.39 is 0 Å². The van der Waals surface area contributed by atoms with E-state index in [0.29, 0.717) is 33.5 Å². The minimum Gasteiger partial charge on any atom is -0.308 e. The molecular weight excluding hydrogens is 506 g/mol. The fourth-order valence-corrected chi connectivity index (χ4v) is 5.90. The zero-order valence-electron chi connectivity index (χ0n) is 19.7. The van der Waals surface area contributed by atoms with Crippen molar-refractivity contribution < 1.29 is 4.79 Å². The summed E-state index contributed by atoms with van der Waals surface area (Å²) in [6.45, 7) is 0.453. The molecule has 2 aromatic heterocycles.